The van der Waals surface area contributed by atoms with Crippen LogP contribution in [0, 0.1) is 11.3 Å². The largest absolute Gasteiger partial charge is 0.316 e. The van der Waals surface area contributed by atoms with E-state index < -0.39 is 12.0 Å². The van der Waals surface area contributed by atoms with Crippen LogP contribution in [-0.2, 0) is 5.54 Å². The van der Waals surface area contributed by atoms with Gasteiger partial charge in [-0.2, -0.15) is 5.26 Å². The lowest BCUT2D eigenvalue weighted by Crippen LogP contribution is -2.39. The van der Waals surface area contributed by atoms with E-state index in [9.17, 15) is 8.78 Å². The van der Waals surface area contributed by atoms with Crippen molar-refractivity contribution in [3.8, 4) is 6.07 Å². The van der Waals surface area contributed by atoms with Gasteiger partial charge in [-0.1, -0.05) is 0 Å². The zero-order valence-electron chi connectivity index (χ0n) is 6.92. The molecule has 0 aromatic carbocycles. The minimum atomic E-state index is -2.63. The minimum Gasteiger partial charge on any atom is -0.316 e. The summed E-state index contributed by atoms with van der Waals surface area (Å²) >= 11 is 1.08. The van der Waals surface area contributed by atoms with Crippen molar-refractivity contribution in [2.75, 3.05) is 0 Å². The van der Waals surface area contributed by atoms with Crippen molar-refractivity contribution in [2.45, 2.75) is 18.9 Å². The standard InChI is InChI=1S/C8H8F2N2S/c1-8(12,7(9)10)6-2-5(3-11)4-13-6/h2,4,7H,12H2,1H3. The molecule has 1 rings (SSSR count). The zero-order valence-corrected chi connectivity index (χ0v) is 7.74. The van der Waals surface area contributed by atoms with E-state index in [0.29, 0.717) is 10.4 Å². The number of nitrogens with two attached hydrogens (primary N) is 1. The number of nitrogens with zero attached hydrogens (tertiary/aromatic N) is 1. The van der Waals surface area contributed by atoms with Crippen LogP contribution in [0.1, 0.15) is 17.4 Å². The lowest BCUT2D eigenvalue weighted by atomic mass is 10.0. The lowest BCUT2D eigenvalue weighted by molar-refractivity contribution is 0.0644. The first kappa shape index (κ1) is 10.1. The van der Waals surface area contributed by atoms with Gasteiger partial charge in [-0.25, -0.2) is 8.78 Å². The fraction of sp³-hybridized carbons (Fsp3) is 0.375. The summed E-state index contributed by atoms with van der Waals surface area (Å²) in [6, 6.07) is 3.27. The van der Waals surface area contributed by atoms with E-state index in [1.807, 2.05) is 6.07 Å². The molecule has 2 N–H and O–H groups in total. The molecule has 0 fully saturated rings. The van der Waals surface area contributed by atoms with Crippen molar-refractivity contribution in [1.82, 2.24) is 0 Å². The Morgan fingerprint density at radius 1 is 1.69 bits per heavy atom. The van der Waals surface area contributed by atoms with Gasteiger partial charge in [0.15, 0.2) is 0 Å². The number of halogens is 2. The predicted octanol–water partition coefficient (Wildman–Crippen LogP) is 2.06. The van der Waals surface area contributed by atoms with Crippen molar-refractivity contribution >= 4 is 11.3 Å². The molecular weight excluding hydrogens is 194 g/mol. The topological polar surface area (TPSA) is 49.8 Å². The van der Waals surface area contributed by atoms with Gasteiger partial charge in [0.05, 0.1) is 5.56 Å². The first-order valence-corrected chi connectivity index (χ1v) is 4.42. The molecule has 1 heterocycles. The molecule has 0 aliphatic carbocycles. The molecule has 0 aliphatic heterocycles. The van der Waals surface area contributed by atoms with E-state index in [4.69, 9.17) is 11.0 Å². The van der Waals surface area contributed by atoms with Crippen LogP contribution in [0.2, 0.25) is 0 Å². The molecule has 0 aliphatic rings. The van der Waals surface area contributed by atoms with E-state index in [1.54, 1.807) is 0 Å². The maximum atomic E-state index is 12.4. The van der Waals surface area contributed by atoms with Crippen LogP contribution >= 0.6 is 11.3 Å². The van der Waals surface area contributed by atoms with E-state index in [2.05, 4.69) is 0 Å². The zero-order chi connectivity index (χ0) is 10.1. The highest BCUT2D eigenvalue weighted by Gasteiger charge is 2.33. The van der Waals surface area contributed by atoms with Crippen molar-refractivity contribution < 1.29 is 8.78 Å². The van der Waals surface area contributed by atoms with Crippen LogP contribution < -0.4 is 5.73 Å². The minimum absolute atomic E-state index is 0.332. The molecule has 1 aromatic rings. The van der Waals surface area contributed by atoms with Crippen LogP contribution in [0.3, 0.4) is 0 Å². The van der Waals surface area contributed by atoms with Gasteiger partial charge in [-0.15, -0.1) is 11.3 Å². The molecule has 5 heteroatoms. The van der Waals surface area contributed by atoms with Gasteiger partial charge in [0.25, 0.3) is 6.43 Å². The number of nitriles is 1. The highest BCUT2D eigenvalue weighted by atomic mass is 32.1. The summed E-state index contributed by atoms with van der Waals surface area (Å²) in [5.74, 6) is 0. The predicted molar refractivity (Wildman–Crippen MR) is 46.6 cm³/mol. The Labute approximate surface area is 78.6 Å². The maximum absolute atomic E-state index is 12.4. The van der Waals surface area contributed by atoms with Gasteiger partial charge in [-0.05, 0) is 13.0 Å². The van der Waals surface area contributed by atoms with E-state index in [-0.39, 0.29) is 0 Å². The normalized spacial score (nSPS) is 15.4. The number of thiophene rings is 1. The Kier molecular flexibility index (Phi) is 2.64. The van der Waals surface area contributed by atoms with Crippen LogP contribution in [0.4, 0.5) is 8.78 Å². The Morgan fingerprint density at radius 3 is 2.69 bits per heavy atom. The van der Waals surface area contributed by atoms with Crippen molar-refractivity contribution in [1.29, 1.82) is 5.26 Å². The maximum Gasteiger partial charge on any atom is 0.260 e. The number of hydrogen-bond acceptors (Lipinski definition) is 3. The van der Waals surface area contributed by atoms with Gasteiger partial charge in [0.2, 0.25) is 0 Å². The molecule has 2 nitrogen and oxygen atoms in total. The summed E-state index contributed by atoms with van der Waals surface area (Å²) in [6.07, 6.45) is -2.63. The summed E-state index contributed by atoms with van der Waals surface area (Å²) in [6.45, 7) is 1.25. The van der Waals surface area contributed by atoms with Gasteiger partial charge < -0.3 is 5.73 Å². The van der Waals surface area contributed by atoms with Gasteiger partial charge in [0.1, 0.15) is 11.6 Å². The molecule has 70 valence electrons. The first-order valence-electron chi connectivity index (χ1n) is 3.54. The van der Waals surface area contributed by atoms with Crippen LogP contribution in [0.25, 0.3) is 0 Å². The number of rotatable bonds is 2. The average molecular weight is 202 g/mol. The van der Waals surface area contributed by atoms with Crippen molar-refractivity contribution in [3.63, 3.8) is 0 Å². The molecular formula is C8H8F2N2S. The molecule has 0 bridgehead atoms. The third-order valence-corrected chi connectivity index (χ3v) is 2.90. The molecule has 1 aromatic heterocycles. The second-order valence-electron chi connectivity index (χ2n) is 2.89. The molecule has 0 saturated carbocycles. The second kappa shape index (κ2) is 3.40. The van der Waals surface area contributed by atoms with Gasteiger partial charge in [0, 0.05) is 10.3 Å². The number of hydrogen-bond donors (Lipinski definition) is 1. The highest BCUT2D eigenvalue weighted by Crippen LogP contribution is 2.30. The SMILES string of the molecule is CC(N)(c1cc(C#N)cs1)C(F)F. The molecule has 1 unspecified atom stereocenters. The molecule has 13 heavy (non-hydrogen) atoms. The summed E-state index contributed by atoms with van der Waals surface area (Å²) < 4.78 is 24.8. The molecule has 0 saturated heterocycles. The average Bonchev–Trinajstić information content (AvgIpc) is 2.51. The van der Waals surface area contributed by atoms with Gasteiger partial charge >= 0.3 is 0 Å². The second-order valence-corrected chi connectivity index (χ2v) is 3.81. The fourth-order valence-electron chi connectivity index (χ4n) is 0.785. The molecule has 0 radical (unpaired) electrons. The van der Waals surface area contributed by atoms with Crippen LogP contribution in [0.15, 0.2) is 11.4 Å². The summed E-state index contributed by atoms with van der Waals surface area (Å²) in [7, 11) is 0. The summed E-state index contributed by atoms with van der Waals surface area (Å²) in [5, 5.41) is 10.0. The van der Waals surface area contributed by atoms with Gasteiger partial charge in [-0.3, -0.25) is 0 Å². The number of alkyl halides is 2. The van der Waals surface area contributed by atoms with Crippen molar-refractivity contribution in [3.05, 3.63) is 21.9 Å². The fourth-order valence-corrected chi connectivity index (χ4v) is 1.70. The monoisotopic (exact) mass is 202 g/mol. The van der Waals surface area contributed by atoms with E-state index in [1.165, 1.54) is 18.4 Å². The van der Waals surface area contributed by atoms with Crippen LogP contribution in [0.5, 0.6) is 0 Å². The Balaban J connectivity index is 3.02. The summed E-state index contributed by atoms with van der Waals surface area (Å²) in [4.78, 5) is 0.332. The van der Waals surface area contributed by atoms with Crippen LogP contribution in [-0.4, -0.2) is 6.43 Å². The Hall–Kier alpha value is -0.990. The third-order valence-electron chi connectivity index (χ3n) is 1.71. The Bertz CT molecular complexity index is 338. The molecule has 0 spiro atoms. The lowest BCUT2D eigenvalue weighted by Gasteiger charge is -2.21. The highest BCUT2D eigenvalue weighted by molar-refractivity contribution is 7.10. The first-order chi connectivity index (χ1) is 5.98. The smallest absolute Gasteiger partial charge is 0.260 e. The van der Waals surface area contributed by atoms with E-state index in [0.717, 1.165) is 11.3 Å². The quantitative estimate of drug-likeness (QED) is 0.798. The third kappa shape index (κ3) is 1.85. The molecule has 0 amide bonds. The summed E-state index contributed by atoms with van der Waals surface area (Å²) in [5.41, 5.74) is 4.12. The molecule has 1 atom stereocenters. The van der Waals surface area contributed by atoms with E-state index >= 15 is 0 Å². The van der Waals surface area contributed by atoms with Crippen molar-refractivity contribution in [2.24, 2.45) is 5.73 Å². The Morgan fingerprint density at radius 2 is 2.31 bits per heavy atom.